The van der Waals surface area contributed by atoms with Gasteiger partial charge in [-0.25, -0.2) is 4.79 Å². The zero-order valence-corrected chi connectivity index (χ0v) is 12.7. The summed E-state index contributed by atoms with van der Waals surface area (Å²) in [4.78, 5) is 10.9. The van der Waals surface area contributed by atoms with E-state index in [1.165, 1.54) is 0 Å². The van der Waals surface area contributed by atoms with Crippen molar-refractivity contribution < 1.29 is 19.4 Å². The van der Waals surface area contributed by atoms with Gasteiger partial charge in [-0.15, -0.1) is 0 Å². The molecule has 4 nitrogen and oxygen atoms in total. The Morgan fingerprint density at radius 1 is 1.29 bits per heavy atom. The molecule has 114 valence electrons. The third-order valence-electron chi connectivity index (χ3n) is 3.21. The van der Waals surface area contributed by atoms with Crippen molar-refractivity contribution >= 4 is 5.97 Å². The van der Waals surface area contributed by atoms with Crippen LogP contribution in [0.3, 0.4) is 0 Å². The highest BCUT2D eigenvalue weighted by atomic mass is 16.5. The maximum atomic E-state index is 10.9. The lowest BCUT2D eigenvalue weighted by Gasteiger charge is -2.14. The molecule has 0 aliphatic rings. The van der Waals surface area contributed by atoms with E-state index in [1.54, 1.807) is 26.4 Å². The first kappa shape index (κ1) is 17.0. The van der Waals surface area contributed by atoms with Crippen molar-refractivity contribution in [2.75, 3.05) is 14.2 Å². The van der Waals surface area contributed by atoms with E-state index in [2.05, 4.69) is 0 Å². The molecule has 0 saturated heterocycles. The highest BCUT2D eigenvalue weighted by Gasteiger charge is 2.08. The van der Waals surface area contributed by atoms with Crippen LogP contribution in [0.2, 0.25) is 0 Å². The SMILES string of the molecule is CCC(=CC=CCC(OC)c1ccc(OC)cc1)C(=O)O. The average Bonchev–Trinajstić information content (AvgIpc) is 2.51. The van der Waals surface area contributed by atoms with Crippen LogP contribution in [-0.2, 0) is 9.53 Å². The molecule has 1 rings (SSSR count). The number of allylic oxidation sites excluding steroid dienone is 2. The summed E-state index contributed by atoms with van der Waals surface area (Å²) in [6.45, 7) is 1.82. The van der Waals surface area contributed by atoms with Gasteiger partial charge >= 0.3 is 5.97 Å². The third kappa shape index (κ3) is 5.44. The molecule has 1 aromatic carbocycles. The number of carbonyl (C=O) groups is 1. The standard InChI is InChI=1S/C17H22O4/c1-4-13(17(18)19)7-5-6-8-16(21-3)14-9-11-15(20-2)12-10-14/h5-7,9-12,16H,4,8H2,1-3H3,(H,18,19). The Morgan fingerprint density at radius 2 is 1.95 bits per heavy atom. The van der Waals surface area contributed by atoms with Gasteiger partial charge in [0.05, 0.1) is 13.2 Å². The number of aliphatic carboxylic acids is 1. The second-order valence-corrected chi connectivity index (χ2v) is 4.51. The van der Waals surface area contributed by atoms with E-state index in [0.29, 0.717) is 18.4 Å². The van der Waals surface area contributed by atoms with E-state index in [1.807, 2.05) is 37.3 Å². The minimum Gasteiger partial charge on any atom is -0.497 e. The smallest absolute Gasteiger partial charge is 0.331 e. The number of carboxylic acid groups (broad SMARTS) is 1. The van der Waals surface area contributed by atoms with Gasteiger partial charge in [-0.3, -0.25) is 0 Å². The van der Waals surface area contributed by atoms with Crippen LogP contribution in [0.1, 0.15) is 31.4 Å². The molecule has 1 N–H and O–H groups in total. The van der Waals surface area contributed by atoms with E-state index < -0.39 is 5.97 Å². The fourth-order valence-corrected chi connectivity index (χ4v) is 1.91. The van der Waals surface area contributed by atoms with E-state index in [4.69, 9.17) is 14.6 Å². The lowest BCUT2D eigenvalue weighted by atomic mass is 10.1. The number of benzene rings is 1. The maximum Gasteiger partial charge on any atom is 0.331 e. The van der Waals surface area contributed by atoms with Crippen LogP contribution in [0.15, 0.2) is 48.1 Å². The van der Waals surface area contributed by atoms with Crippen LogP contribution in [0.5, 0.6) is 5.75 Å². The second-order valence-electron chi connectivity index (χ2n) is 4.51. The fraction of sp³-hybridized carbons (Fsp3) is 0.353. The molecule has 4 heteroatoms. The molecule has 0 saturated carbocycles. The van der Waals surface area contributed by atoms with Crippen molar-refractivity contribution in [3.05, 3.63) is 53.6 Å². The Morgan fingerprint density at radius 3 is 2.43 bits per heavy atom. The van der Waals surface area contributed by atoms with Crippen molar-refractivity contribution in [1.29, 1.82) is 0 Å². The van der Waals surface area contributed by atoms with Crippen LogP contribution in [0.4, 0.5) is 0 Å². The van der Waals surface area contributed by atoms with Crippen molar-refractivity contribution in [3.8, 4) is 5.75 Å². The van der Waals surface area contributed by atoms with Gasteiger partial charge in [0.25, 0.3) is 0 Å². The first-order valence-corrected chi connectivity index (χ1v) is 6.88. The van der Waals surface area contributed by atoms with Crippen LogP contribution < -0.4 is 4.74 Å². The summed E-state index contributed by atoms with van der Waals surface area (Å²) in [5, 5.41) is 8.92. The van der Waals surface area contributed by atoms with Gasteiger partial charge in [0.2, 0.25) is 0 Å². The molecule has 0 aliphatic carbocycles. The maximum absolute atomic E-state index is 10.9. The molecule has 21 heavy (non-hydrogen) atoms. The summed E-state index contributed by atoms with van der Waals surface area (Å²) < 4.78 is 10.6. The van der Waals surface area contributed by atoms with Crippen molar-refractivity contribution in [2.45, 2.75) is 25.9 Å². The predicted octanol–water partition coefficient (Wildman–Crippen LogP) is 3.75. The molecule has 0 fully saturated rings. The van der Waals surface area contributed by atoms with E-state index in [9.17, 15) is 4.79 Å². The summed E-state index contributed by atoms with van der Waals surface area (Å²) >= 11 is 0. The molecule has 0 bridgehead atoms. The number of hydrogen-bond acceptors (Lipinski definition) is 3. The largest absolute Gasteiger partial charge is 0.497 e. The topological polar surface area (TPSA) is 55.8 Å². The Bertz CT molecular complexity index is 500. The molecular formula is C17H22O4. The number of rotatable bonds is 8. The summed E-state index contributed by atoms with van der Waals surface area (Å²) in [5.74, 6) is -0.0679. The van der Waals surface area contributed by atoms with Gasteiger partial charge in [-0.2, -0.15) is 0 Å². The monoisotopic (exact) mass is 290 g/mol. The molecule has 0 radical (unpaired) electrons. The predicted molar refractivity (Wildman–Crippen MR) is 82.5 cm³/mol. The van der Waals surface area contributed by atoms with Crippen LogP contribution >= 0.6 is 0 Å². The van der Waals surface area contributed by atoms with E-state index in [-0.39, 0.29) is 6.10 Å². The number of methoxy groups -OCH3 is 2. The Hall–Kier alpha value is -2.07. The highest BCUT2D eigenvalue weighted by Crippen LogP contribution is 2.23. The van der Waals surface area contributed by atoms with Crippen molar-refractivity contribution in [3.63, 3.8) is 0 Å². The van der Waals surface area contributed by atoms with E-state index >= 15 is 0 Å². The Kier molecular flexibility index (Phi) is 7.26. The summed E-state index contributed by atoms with van der Waals surface area (Å²) in [6, 6.07) is 7.71. The van der Waals surface area contributed by atoms with Gasteiger partial charge in [0.15, 0.2) is 0 Å². The Labute approximate surface area is 125 Å². The summed E-state index contributed by atoms with van der Waals surface area (Å²) in [5.41, 5.74) is 1.45. The highest BCUT2D eigenvalue weighted by molar-refractivity contribution is 5.86. The zero-order chi connectivity index (χ0) is 15.7. The minimum absolute atomic E-state index is 0.0598. The molecule has 1 aromatic rings. The molecule has 0 amide bonds. The first-order valence-electron chi connectivity index (χ1n) is 6.88. The molecule has 0 aliphatic heterocycles. The Balaban J connectivity index is 2.67. The van der Waals surface area contributed by atoms with Gasteiger partial charge in [-0.1, -0.05) is 37.3 Å². The van der Waals surface area contributed by atoms with E-state index in [0.717, 1.165) is 11.3 Å². The zero-order valence-electron chi connectivity index (χ0n) is 12.7. The average molecular weight is 290 g/mol. The van der Waals surface area contributed by atoms with Gasteiger partial charge < -0.3 is 14.6 Å². The van der Waals surface area contributed by atoms with Gasteiger partial charge in [0.1, 0.15) is 5.75 Å². The summed E-state index contributed by atoms with van der Waals surface area (Å²) in [7, 11) is 3.29. The molecular weight excluding hydrogens is 268 g/mol. The van der Waals surface area contributed by atoms with Crippen LogP contribution in [0.25, 0.3) is 0 Å². The second kappa shape index (κ2) is 8.97. The number of hydrogen-bond donors (Lipinski definition) is 1. The normalized spacial score (nSPS) is 13.4. The third-order valence-corrected chi connectivity index (χ3v) is 3.21. The van der Waals surface area contributed by atoms with Crippen molar-refractivity contribution in [2.24, 2.45) is 0 Å². The first-order chi connectivity index (χ1) is 10.1. The lowest BCUT2D eigenvalue weighted by molar-refractivity contribution is -0.132. The minimum atomic E-state index is -0.874. The molecule has 1 atom stereocenters. The number of carboxylic acids is 1. The van der Waals surface area contributed by atoms with Crippen molar-refractivity contribution in [1.82, 2.24) is 0 Å². The lowest BCUT2D eigenvalue weighted by Crippen LogP contribution is -2.00. The van der Waals surface area contributed by atoms with Gasteiger partial charge in [0, 0.05) is 12.7 Å². The summed E-state index contributed by atoms with van der Waals surface area (Å²) in [6.07, 6.45) is 6.43. The molecule has 0 spiro atoms. The number of ether oxygens (including phenoxy) is 2. The van der Waals surface area contributed by atoms with Gasteiger partial charge in [-0.05, 0) is 30.5 Å². The molecule has 1 unspecified atom stereocenters. The molecule has 0 aromatic heterocycles. The fourth-order valence-electron chi connectivity index (χ4n) is 1.91. The quantitative estimate of drug-likeness (QED) is 0.585. The van der Waals surface area contributed by atoms with Crippen LogP contribution in [0, 0.1) is 0 Å². The van der Waals surface area contributed by atoms with Crippen LogP contribution in [-0.4, -0.2) is 25.3 Å². The molecule has 0 heterocycles.